The molecule has 2 rings (SSSR count). The molecule has 0 aliphatic rings. The molecule has 0 atom stereocenters. The highest BCUT2D eigenvalue weighted by Crippen LogP contribution is 2.32. The van der Waals surface area contributed by atoms with E-state index in [1.165, 1.54) is 6.07 Å². The van der Waals surface area contributed by atoms with Gasteiger partial charge in [-0.05, 0) is 31.4 Å². The van der Waals surface area contributed by atoms with Crippen LogP contribution in [-0.4, -0.2) is 26.1 Å². The predicted molar refractivity (Wildman–Crippen MR) is 77.3 cm³/mol. The Bertz CT molecular complexity index is 686. The average molecular weight is 279 g/mol. The third kappa shape index (κ3) is 2.57. The standard InChI is InChI=1S/C14H17NO3S/c1-3-15(4-2)12-9-5-7-11-8-6-10-13(14(11)12)19(16,17)18/h5-10H,3-4H2,1-2H3,(H,16,17,18). The van der Waals surface area contributed by atoms with E-state index in [0.29, 0.717) is 5.39 Å². The molecule has 0 saturated heterocycles. The lowest BCUT2D eigenvalue weighted by molar-refractivity contribution is 0.484. The lowest BCUT2D eigenvalue weighted by Crippen LogP contribution is -2.22. The monoisotopic (exact) mass is 279 g/mol. The van der Waals surface area contributed by atoms with Crippen LogP contribution in [0.25, 0.3) is 10.8 Å². The zero-order chi connectivity index (χ0) is 14.0. The molecule has 2 aromatic carbocycles. The van der Waals surface area contributed by atoms with Crippen molar-refractivity contribution in [1.29, 1.82) is 0 Å². The van der Waals surface area contributed by atoms with Gasteiger partial charge in [-0.15, -0.1) is 0 Å². The maximum Gasteiger partial charge on any atom is 0.295 e. The van der Waals surface area contributed by atoms with Crippen molar-refractivity contribution in [2.24, 2.45) is 0 Å². The maximum atomic E-state index is 11.5. The second-order valence-corrected chi connectivity index (χ2v) is 5.67. The molecule has 0 amide bonds. The molecule has 1 N–H and O–H groups in total. The van der Waals surface area contributed by atoms with E-state index in [1.807, 2.05) is 38.1 Å². The number of rotatable bonds is 4. The van der Waals surface area contributed by atoms with Crippen LogP contribution in [0.4, 0.5) is 5.69 Å². The van der Waals surface area contributed by atoms with Crippen LogP contribution in [-0.2, 0) is 10.1 Å². The first-order valence-corrected chi connectivity index (χ1v) is 7.67. The number of hydrogen-bond donors (Lipinski definition) is 1. The third-order valence-corrected chi connectivity index (χ3v) is 4.12. The highest BCUT2D eigenvalue weighted by Gasteiger charge is 2.18. The number of anilines is 1. The smallest absolute Gasteiger partial charge is 0.295 e. The molecule has 0 spiro atoms. The predicted octanol–water partition coefficient (Wildman–Crippen LogP) is 2.93. The topological polar surface area (TPSA) is 57.6 Å². The second-order valence-electron chi connectivity index (χ2n) is 4.28. The number of nitrogens with zero attached hydrogens (tertiary/aromatic N) is 1. The van der Waals surface area contributed by atoms with E-state index in [0.717, 1.165) is 24.2 Å². The minimum absolute atomic E-state index is 0.0347. The summed E-state index contributed by atoms with van der Waals surface area (Å²) in [5.74, 6) is 0. The first-order valence-electron chi connectivity index (χ1n) is 6.23. The summed E-state index contributed by atoms with van der Waals surface area (Å²) in [4.78, 5) is 2.03. The van der Waals surface area contributed by atoms with Crippen LogP contribution in [0, 0.1) is 0 Å². The lowest BCUT2D eigenvalue weighted by Gasteiger charge is -2.23. The molecule has 0 fully saturated rings. The fourth-order valence-corrected chi connectivity index (χ4v) is 3.06. The lowest BCUT2D eigenvalue weighted by atomic mass is 10.1. The molecule has 0 aliphatic carbocycles. The Balaban J connectivity index is 2.86. The van der Waals surface area contributed by atoms with Gasteiger partial charge in [0.1, 0.15) is 4.90 Å². The summed E-state index contributed by atoms with van der Waals surface area (Å²) >= 11 is 0. The van der Waals surface area contributed by atoms with E-state index in [1.54, 1.807) is 6.07 Å². The fourth-order valence-electron chi connectivity index (χ4n) is 2.33. The van der Waals surface area contributed by atoms with Crippen LogP contribution in [0.1, 0.15) is 13.8 Å². The molecule has 19 heavy (non-hydrogen) atoms. The first kappa shape index (κ1) is 13.8. The summed E-state index contributed by atoms with van der Waals surface area (Å²) in [5.41, 5.74) is 0.829. The van der Waals surface area contributed by atoms with Gasteiger partial charge in [-0.1, -0.05) is 24.3 Å². The van der Waals surface area contributed by atoms with Gasteiger partial charge >= 0.3 is 0 Å². The molecule has 0 saturated carbocycles. The Labute approximate surface area is 113 Å². The summed E-state index contributed by atoms with van der Waals surface area (Å²) in [5, 5.41) is 1.38. The van der Waals surface area contributed by atoms with Crippen molar-refractivity contribution in [2.75, 3.05) is 18.0 Å². The van der Waals surface area contributed by atoms with Gasteiger partial charge in [0.15, 0.2) is 0 Å². The van der Waals surface area contributed by atoms with Gasteiger partial charge in [-0.3, -0.25) is 4.55 Å². The normalized spacial score (nSPS) is 11.7. The molecular formula is C14H17NO3S. The van der Waals surface area contributed by atoms with E-state index >= 15 is 0 Å². The van der Waals surface area contributed by atoms with Gasteiger partial charge in [-0.2, -0.15) is 8.42 Å². The van der Waals surface area contributed by atoms with E-state index < -0.39 is 10.1 Å². The molecular weight excluding hydrogens is 262 g/mol. The Hall–Kier alpha value is -1.59. The van der Waals surface area contributed by atoms with Crippen molar-refractivity contribution < 1.29 is 13.0 Å². The molecule has 4 nitrogen and oxygen atoms in total. The maximum absolute atomic E-state index is 11.5. The van der Waals surface area contributed by atoms with Crippen LogP contribution in [0.5, 0.6) is 0 Å². The zero-order valence-electron chi connectivity index (χ0n) is 11.0. The van der Waals surface area contributed by atoms with Crippen LogP contribution in [0.2, 0.25) is 0 Å². The highest BCUT2D eigenvalue weighted by molar-refractivity contribution is 7.86. The number of fused-ring (bicyclic) bond motifs is 1. The SMILES string of the molecule is CCN(CC)c1cccc2cccc(S(=O)(=O)O)c12. The molecule has 0 radical (unpaired) electrons. The summed E-state index contributed by atoms with van der Waals surface area (Å²) in [6.45, 7) is 5.57. The Morgan fingerprint density at radius 3 is 2.16 bits per heavy atom. The quantitative estimate of drug-likeness (QED) is 0.874. The average Bonchev–Trinajstić information content (AvgIpc) is 2.38. The van der Waals surface area contributed by atoms with Gasteiger partial charge in [-0.25, -0.2) is 0 Å². The van der Waals surface area contributed by atoms with E-state index in [4.69, 9.17) is 0 Å². The Morgan fingerprint density at radius 2 is 1.63 bits per heavy atom. The van der Waals surface area contributed by atoms with Gasteiger partial charge in [0.25, 0.3) is 10.1 Å². The van der Waals surface area contributed by atoms with Crippen LogP contribution in [0.15, 0.2) is 41.3 Å². The van der Waals surface area contributed by atoms with Crippen molar-refractivity contribution in [1.82, 2.24) is 0 Å². The molecule has 0 bridgehead atoms. The van der Waals surface area contributed by atoms with E-state index in [-0.39, 0.29) is 4.90 Å². The number of benzene rings is 2. The van der Waals surface area contributed by atoms with Gasteiger partial charge < -0.3 is 4.90 Å². The summed E-state index contributed by atoms with van der Waals surface area (Å²) in [6, 6.07) is 10.5. The molecule has 5 heteroatoms. The van der Waals surface area contributed by atoms with E-state index in [2.05, 4.69) is 4.90 Å². The third-order valence-electron chi connectivity index (χ3n) is 3.23. The first-order chi connectivity index (χ1) is 8.99. The molecule has 0 aromatic heterocycles. The van der Waals surface area contributed by atoms with Crippen LogP contribution >= 0.6 is 0 Å². The van der Waals surface area contributed by atoms with Crippen LogP contribution in [0.3, 0.4) is 0 Å². The fraction of sp³-hybridized carbons (Fsp3) is 0.286. The number of hydrogen-bond acceptors (Lipinski definition) is 3. The van der Waals surface area contributed by atoms with Crippen molar-refractivity contribution >= 4 is 26.6 Å². The molecule has 2 aromatic rings. The molecule has 0 unspecified atom stereocenters. The summed E-state index contributed by atoms with van der Waals surface area (Å²) < 4.78 is 32.5. The Kier molecular flexibility index (Phi) is 3.78. The molecule has 102 valence electrons. The summed E-state index contributed by atoms with van der Waals surface area (Å²) in [6.07, 6.45) is 0. The minimum Gasteiger partial charge on any atom is -0.372 e. The summed E-state index contributed by atoms with van der Waals surface area (Å²) in [7, 11) is -4.23. The van der Waals surface area contributed by atoms with Gasteiger partial charge in [0, 0.05) is 24.2 Å². The zero-order valence-corrected chi connectivity index (χ0v) is 11.8. The van der Waals surface area contributed by atoms with Gasteiger partial charge in [0.05, 0.1) is 0 Å². The molecule has 0 aliphatic heterocycles. The highest BCUT2D eigenvalue weighted by atomic mass is 32.2. The van der Waals surface area contributed by atoms with Crippen molar-refractivity contribution in [3.63, 3.8) is 0 Å². The van der Waals surface area contributed by atoms with Crippen molar-refractivity contribution in [3.8, 4) is 0 Å². The molecule has 0 heterocycles. The largest absolute Gasteiger partial charge is 0.372 e. The van der Waals surface area contributed by atoms with E-state index in [9.17, 15) is 13.0 Å². The van der Waals surface area contributed by atoms with Crippen LogP contribution < -0.4 is 4.90 Å². The second kappa shape index (κ2) is 5.19. The van der Waals surface area contributed by atoms with Crippen molar-refractivity contribution in [3.05, 3.63) is 36.4 Å². The van der Waals surface area contributed by atoms with Crippen molar-refractivity contribution in [2.45, 2.75) is 18.7 Å². The Morgan fingerprint density at radius 1 is 1.05 bits per heavy atom. The minimum atomic E-state index is -4.23. The van der Waals surface area contributed by atoms with Gasteiger partial charge in [0.2, 0.25) is 0 Å².